The lowest BCUT2D eigenvalue weighted by Crippen LogP contribution is -2.46. The first-order valence-electron chi connectivity index (χ1n) is 20.6. The standard InChI is InChI=1S/C23H26N4O2.C22H28N4O3/c28-23(25-17-5-1-2-6-17)16-9-10-21-19(15-16)26-22(27-13-11-24-12-14-27)18-7-3-4-8-20(18)29-21;1-3-23-11-12-24-21-17-7-5-6-8-19(17)29-20-10-9-16(15-18(20)26-21)22(27)25-13-14-28-4-2/h3-4,7-10,15,17,24H,1-2,5-6,11-14H2,(H,25,28);5-10,15,23H,3-4,11-14H2,1-2H3,(H,24,26)(H,25,27). The van der Waals surface area contributed by atoms with Crippen LogP contribution in [-0.2, 0) is 4.74 Å². The molecule has 4 aromatic rings. The third-order valence-corrected chi connectivity index (χ3v) is 10.3. The molecular formula is C45H54N8O5. The quantitative estimate of drug-likeness (QED) is 0.108. The number of hydrogen-bond donors (Lipinski definition) is 5. The number of likely N-dealkylation sites (N-methyl/N-ethyl adjacent to an activating group) is 1. The SMILES string of the molecule is CCNCCN=C1Nc2cc(C(=O)NCCOCC)ccc2Oc2ccccc21.O=C(NC1CCCC1)c1ccc2c(c1)N=C(N1CCNCC1)c1ccccc1O2. The average molecular weight is 787 g/mol. The number of para-hydroxylation sites is 2. The molecule has 0 aromatic heterocycles. The van der Waals surface area contributed by atoms with Gasteiger partial charge in [0.05, 0.1) is 30.0 Å². The van der Waals surface area contributed by atoms with Crippen molar-refractivity contribution in [3.05, 3.63) is 107 Å². The zero-order valence-electron chi connectivity index (χ0n) is 33.4. The summed E-state index contributed by atoms with van der Waals surface area (Å²) in [5.74, 6) is 4.32. The lowest BCUT2D eigenvalue weighted by Gasteiger charge is -2.30. The van der Waals surface area contributed by atoms with Gasteiger partial charge in [0, 0.05) is 63.0 Å². The van der Waals surface area contributed by atoms with E-state index < -0.39 is 0 Å². The first-order chi connectivity index (χ1) is 28.5. The third-order valence-electron chi connectivity index (χ3n) is 10.3. The van der Waals surface area contributed by atoms with Crippen LogP contribution in [0.3, 0.4) is 0 Å². The van der Waals surface area contributed by atoms with Crippen molar-refractivity contribution in [2.45, 2.75) is 45.6 Å². The molecule has 2 fully saturated rings. The molecule has 5 N–H and O–H groups in total. The van der Waals surface area contributed by atoms with Crippen molar-refractivity contribution in [1.82, 2.24) is 26.2 Å². The Kier molecular flexibility index (Phi) is 14.0. The van der Waals surface area contributed by atoms with Crippen molar-refractivity contribution < 1.29 is 23.8 Å². The van der Waals surface area contributed by atoms with Gasteiger partial charge in [0.25, 0.3) is 11.8 Å². The third kappa shape index (κ3) is 10.2. The first kappa shape index (κ1) is 40.4. The van der Waals surface area contributed by atoms with E-state index in [1.807, 2.05) is 67.6 Å². The number of hydrogen-bond acceptors (Lipinski definition) is 10. The molecule has 304 valence electrons. The number of carbonyl (C=O) groups excluding carboxylic acids is 2. The van der Waals surface area contributed by atoms with E-state index in [2.05, 4.69) is 44.5 Å². The first-order valence-corrected chi connectivity index (χ1v) is 20.6. The molecule has 4 aromatic carbocycles. The Morgan fingerprint density at radius 1 is 0.828 bits per heavy atom. The van der Waals surface area contributed by atoms with E-state index in [0.717, 1.165) is 86.4 Å². The van der Waals surface area contributed by atoms with Gasteiger partial charge in [-0.15, -0.1) is 0 Å². The minimum absolute atomic E-state index is 0.0274. The molecule has 1 saturated carbocycles. The van der Waals surface area contributed by atoms with Crippen LogP contribution in [0.5, 0.6) is 23.0 Å². The van der Waals surface area contributed by atoms with Crippen LogP contribution in [0.15, 0.2) is 94.9 Å². The Bertz CT molecular complexity index is 2110. The molecule has 0 bridgehead atoms. The Labute approximate surface area is 340 Å². The van der Waals surface area contributed by atoms with Gasteiger partial charge in [0.1, 0.15) is 28.9 Å². The van der Waals surface area contributed by atoms with Gasteiger partial charge in [-0.2, -0.15) is 0 Å². The molecule has 0 spiro atoms. The van der Waals surface area contributed by atoms with Crippen LogP contribution < -0.4 is 36.1 Å². The molecule has 4 aliphatic rings. The molecule has 1 saturated heterocycles. The molecule has 3 aliphatic heterocycles. The Morgan fingerprint density at radius 3 is 2.28 bits per heavy atom. The van der Waals surface area contributed by atoms with Gasteiger partial charge < -0.3 is 45.7 Å². The van der Waals surface area contributed by atoms with Gasteiger partial charge in [-0.1, -0.05) is 44.0 Å². The molecule has 2 amide bonds. The largest absolute Gasteiger partial charge is 0.454 e. The second-order valence-corrected chi connectivity index (χ2v) is 14.4. The highest BCUT2D eigenvalue weighted by molar-refractivity contribution is 6.12. The van der Waals surface area contributed by atoms with Gasteiger partial charge in [0.2, 0.25) is 0 Å². The topological polar surface area (TPSA) is 150 Å². The minimum atomic E-state index is -0.151. The summed E-state index contributed by atoms with van der Waals surface area (Å²) in [4.78, 5) is 37.2. The smallest absolute Gasteiger partial charge is 0.251 e. The van der Waals surface area contributed by atoms with E-state index in [9.17, 15) is 9.59 Å². The summed E-state index contributed by atoms with van der Waals surface area (Å²) in [6, 6.07) is 27.0. The van der Waals surface area contributed by atoms with Crippen LogP contribution in [0.4, 0.5) is 11.4 Å². The number of aliphatic imine (C=N–C) groups is 2. The molecule has 1 aliphatic carbocycles. The monoisotopic (exact) mass is 786 g/mol. The molecule has 0 radical (unpaired) electrons. The normalized spacial score (nSPS) is 16.3. The highest BCUT2D eigenvalue weighted by atomic mass is 16.5. The average Bonchev–Trinajstić information content (AvgIpc) is 3.64. The van der Waals surface area contributed by atoms with Crippen LogP contribution >= 0.6 is 0 Å². The lowest BCUT2D eigenvalue weighted by molar-refractivity contribution is 0.0919. The molecule has 8 rings (SSSR count). The number of anilines is 1. The predicted octanol–water partition coefficient (Wildman–Crippen LogP) is 6.48. The highest BCUT2D eigenvalue weighted by Crippen LogP contribution is 2.39. The Balaban J connectivity index is 0.000000177. The number of fused-ring (bicyclic) bond motifs is 4. The highest BCUT2D eigenvalue weighted by Gasteiger charge is 2.25. The van der Waals surface area contributed by atoms with Crippen LogP contribution in [0.25, 0.3) is 0 Å². The van der Waals surface area contributed by atoms with Crippen LogP contribution in [-0.4, -0.2) is 100.0 Å². The van der Waals surface area contributed by atoms with Crippen molar-refractivity contribution in [2.75, 3.05) is 70.9 Å². The summed E-state index contributed by atoms with van der Waals surface area (Å²) in [5.41, 5.74) is 4.48. The second kappa shape index (κ2) is 20.1. The maximum absolute atomic E-state index is 12.8. The number of piperazine rings is 1. The van der Waals surface area contributed by atoms with Crippen molar-refractivity contribution in [1.29, 1.82) is 0 Å². The van der Waals surface area contributed by atoms with Crippen molar-refractivity contribution in [2.24, 2.45) is 9.98 Å². The Morgan fingerprint density at radius 2 is 1.52 bits per heavy atom. The summed E-state index contributed by atoms with van der Waals surface area (Å²) in [7, 11) is 0. The van der Waals surface area contributed by atoms with E-state index in [1.165, 1.54) is 12.8 Å². The molecule has 13 nitrogen and oxygen atoms in total. The van der Waals surface area contributed by atoms with Crippen LogP contribution in [0.1, 0.15) is 71.4 Å². The fourth-order valence-corrected chi connectivity index (χ4v) is 7.28. The van der Waals surface area contributed by atoms with Gasteiger partial charge >= 0.3 is 0 Å². The van der Waals surface area contributed by atoms with Crippen molar-refractivity contribution in [3.63, 3.8) is 0 Å². The van der Waals surface area contributed by atoms with Gasteiger partial charge in [0.15, 0.2) is 11.5 Å². The number of nitrogens with one attached hydrogen (secondary N) is 5. The maximum Gasteiger partial charge on any atom is 0.251 e. The zero-order chi connectivity index (χ0) is 40.1. The summed E-state index contributed by atoms with van der Waals surface area (Å²) in [6.45, 7) is 11.6. The summed E-state index contributed by atoms with van der Waals surface area (Å²) in [6.07, 6.45) is 4.53. The number of amidine groups is 2. The maximum atomic E-state index is 12.8. The molecule has 3 heterocycles. The fourth-order valence-electron chi connectivity index (χ4n) is 7.28. The molecular weight excluding hydrogens is 733 g/mol. The van der Waals surface area contributed by atoms with Crippen LogP contribution in [0, 0.1) is 0 Å². The van der Waals surface area contributed by atoms with E-state index in [4.69, 9.17) is 24.2 Å². The number of nitrogens with zero attached hydrogens (tertiary/aromatic N) is 3. The van der Waals surface area contributed by atoms with Crippen molar-refractivity contribution >= 4 is 34.9 Å². The number of ether oxygens (including phenoxy) is 3. The van der Waals surface area contributed by atoms with E-state index in [1.54, 1.807) is 18.2 Å². The lowest BCUT2D eigenvalue weighted by atomic mass is 10.1. The van der Waals surface area contributed by atoms with Crippen molar-refractivity contribution in [3.8, 4) is 23.0 Å². The predicted molar refractivity (Wildman–Crippen MR) is 229 cm³/mol. The Hall–Kier alpha value is -5.76. The summed E-state index contributed by atoms with van der Waals surface area (Å²) >= 11 is 0. The van der Waals surface area contributed by atoms with Gasteiger partial charge in [-0.05, 0) is 87.0 Å². The molecule has 0 unspecified atom stereocenters. The molecule has 58 heavy (non-hydrogen) atoms. The number of rotatable bonds is 11. The minimum Gasteiger partial charge on any atom is -0.454 e. The zero-order valence-corrected chi connectivity index (χ0v) is 33.4. The number of amides is 2. The van der Waals surface area contributed by atoms with E-state index >= 15 is 0 Å². The second-order valence-electron chi connectivity index (χ2n) is 14.4. The van der Waals surface area contributed by atoms with E-state index in [-0.39, 0.29) is 11.8 Å². The molecule has 13 heteroatoms. The number of carbonyl (C=O) groups is 2. The molecule has 0 atom stereocenters. The number of benzene rings is 4. The van der Waals surface area contributed by atoms with Gasteiger partial charge in [-0.3, -0.25) is 14.6 Å². The summed E-state index contributed by atoms with van der Waals surface area (Å²) < 4.78 is 17.6. The fraction of sp³-hybridized carbons (Fsp3) is 0.378. The van der Waals surface area contributed by atoms with Gasteiger partial charge in [-0.25, -0.2) is 4.99 Å². The van der Waals surface area contributed by atoms with E-state index in [0.29, 0.717) is 66.3 Å². The summed E-state index contributed by atoms with van der Waals surface area (Å²) in [5, 5.41) is 16.0. The van der Waals surface area contributed by atoms with Crippen LogP contribution in [0.2, 0.25) is 0 Å².